The molecule has 5 nitrogen and oxygen atoms in total. The number of rotatable bonds is 6. The maximum absolute atomic E-state index is 12.2. The van der Waals surface area contributed by atoms with E-state index in [-0.39, 0.29) is 5.97 Å². The van der Waals surface area contributed by atoms with Crippen LogP contribution in [0.5, 0.6) is 17.2 Å². The first-order chi connectivity index (χ1) is 12.6. The smallest absolute Gasteiger partial charge is 0.343 e. The Morgan fingerprint density at radius 2 is 1.73 bits per heavy atom. The molecule has 0 atom stereocenters. The Bertz CT molecular complexity index is 862. The van der Waals surface area contributed by atoms with Gasteiger partial charge in [-0.1, -0.05) is 6.07 Å². The van der Waals surface area contributed by atoms with Crippen molar-refractivity contribution in [1.29, 1.82) is 0 Å². The van der Waals surface area contributed by atoms with Gasteiger partial charge >= 0.3 is 5.97 Å². The predicted molar refractivity (Wildman–Crippen MR) is 99.2 cm³/mol. The highest BCUT2D eigenvalue weighted by Gasteiger charge is 2.22. The van der Waals surface area contributed by atoms with Crippen LogP contribution in [-0.2, 0) is 9.53 Å². The molecule has 0 saturated carbocycles. The fraction of sp³-hybridized carbons (Fsp3) is 0.190. The van der Waals surface area contributed by atoms with Gasteiger partial charge in [-0.3, -0.25) is 0 Å². The van der Waals surface area contributed by atoms with Crippen molar-refractivity contribution in [3.63, 3.8) is 0 Å². The molecule has 1 aliphatic rings. The highest BCUT2D eigenvalue weighted by molar-refractivity contribution is 6.05. The fourth-order valence-electron chi connectivity index (χ4n) is 2.64. The molecule has 0 bridgehead atoms. The van der Waals surface area contributed by atoms with Gasteiger partial charge in [0, 0.05) is 5.56 Å². The third-order valence-electron chi connectivity index (χ3n) is 3.90. The lowest BCUT2D eigenvalue weighted by Gasteiger charge is -2.07. The number of ether oxygens (including phenoxy) is 4. The molecular weight excluding hydrogens is 332 g/mol. The first-order valence-corrected chi connectivity index (χ1v) is 8.25. The van der Waals surface area contributed by atoms with Gasteiger partial charge in [-0.05, 0) is 61.0 Å². The van der Waals surface area contributed by atoms with Crippen LogP contribution in [0.2, 0.25) is 0 Å². The van der Waals surface area contributed by atoms with Crippen molar-refractivity contribution in [2.24, 2.45) is 0 Å². The number of carbonyl (C=O) groups is 1. The lowest BCUT2D eigenvalue weighted by molar-refractivity contribution is -0.130. The molecule has 1 heterocycles. The summed E-state index contributed by atoms with van der Waals surface area (Å²) in [6.45, 7) is 2.54. The molecule has 2 aromatic carbocycles. The Morgan fingerprint density at radius 3 is 2.38 bits per heavy atom. The van der Waals surface area contributed by atoms with Crippen LogP contribution in [-0.4, -0.2) is 26.8 Å². The number of hydrogen-bond acceptors (Lipinski definition) is 5. The van der Waals surface area contributed by atoms with Gasteiger partial charge < -0.3 is 18.9 Å². The maximum atomic E-state index is 12.2. The molecule has 0 spiro atoms. The number of carbonyl (C=O) groups excluding carboxylic acids is 1. The van der Waals surface area contributed by atoms with Crippen LogP contribution in [0.25, 0.3) is 11.8 Å². The summed E-state index contributed by atoms with van der Waals surface area (Å²) >= 11 is 0. The minimum absolute atomic E-state index is 0.385. The summed E-state index contributed by atoms with van der Waals surface area (Å²) < 4.78 is 21.3. The molecule has 0 saturated heterocycles. The van der Waals surface area contributed by atoms with E-state index in [2.05, 4.69) is 0 Å². The summed E-state index contributed by atoms with van der Waals surface area (Å²) in [6, 6.07) is 12.9. The van der Waals surface area contributed by atoms with Crippen molar-refractivity contribution in [3.8, 4) is 17.2 Å². The van der Waals surface area contributed by atoms with E-state index in [0.717, 1.165) is 16.9 Å². The molecule has 0 amide bonds. The Morgan fingerprint density at radius 1 is 1.00 bits per heavy atom. The lowest BCUT2D eigenvalue weighted by Crippen LogP contribution is -1.97. The standard InChI is InChI=1S/C21H20O5/c1-4-25-17-8-6-15(7-9-17)19-13-16(21(22)26-19)11-14-5-10-18(23-2)20(12-14)24-3/h5-13H,4H2,1-3H3/b16-11-. The number of hydrogen-bond donors (Lipinski definition) is 0. The summed E-state index contributed by atoms with van der Waals surface area (Å²) in [5.41, 5.74) is 2.11. The molecule has 2 aromatic rings. The van der Waals surface area contributed by atoms with Crippen LogP contribution >= 0.6 is 0 Å². The summed E-state index contributed by atoms with van der Waals surface area (Å²) in [6.07, 6.45) is 3.49. The van der Waals surface area contributed by atoms with Gasteiger partial charge in [0.1, 0.15) is 11.5 Å². The normalized spacial score (nSPS) is 14.8. The Labute approximate surface area is 152 Å². The average molecular weight is 352 g/mol. The summed E-state index contributed by atoms with van der Waals surface area (Å²) in [5.74, 6) is 2.15. The van der Waals surface area contributed by atoms with Gasteiger partial charge in [0.05, 0.1) is 26.4 Å². The van der Waals surface area contributed by atoms with E-state index in [0.29, 0.717) is 29.4 Å². The lowest BCUT2D eigenvalue weighted by atomic mass is 10.1. The van der Waals surface area contributed by atoms with E-state index in [9.17, 15) is 4.79 Å². The monoisotopic (exact) mass is 352 g/mol. The van der Waals surface area contributed by atoms with E-state index >= 15 is 0 Å². The highest BCUT2D eigenvalue weighted by Crippen LogP contribution is 2.31. The van der Waals surface area contributed by atoms with Gasteiger partial charge in [-0.25, -0.2) is 4.79 Å². The molecule has 26 heavy (non-hydrogen) atoms. The second kappa shape index (κ2) is 7.78. The van der Waals surface area contributed by atoms with E-state index in [1.54, 1.807) is 32.4 Å². The summed E-state index contributed by atoms with van der Waals surface area (Å²) in [4.78, 5) is 12.2. The third-order valence-corrected chi connectivity index (χ3v) is 3.90. The summed E-state index contributed by atoms with van der Waals surface area (Å²) in [7, 11) is 3.15. The largest absolute Gasteiger partial charge is 0.494 e. The predicted octanol–water partition coefficient (Wildman–Crippen LogP) is 4.08. The molecule has 0 aliphatic carbocycles. The van der Waals surface area contributed by atoms with Crippen LogP contribution in [0.4, 0.5) is 0 Å². The number of methoxy groups -OCH3 is 2. The molecule has 0 unspecified atom stereocenters. The van der Waals surface area contributed by atoms with Crippen LogP contribution in [0, 0.1) is 0 Å². The zero-order valence-electron chi connectivity index (χ0n) is 14.9. The van der Waals surface area contributed by atoms with Crippen LogP contribution in [0.15, 0.2) is 54.1 Å². The first-order valence-electron chi connectivity index (χ1n) is 8.25. The van der Waals surface area contributed by atoms with Crippen molar-refractivity contribution >= 4 is 17.8 Å². The van der Waals surface area contributed by atoms with Crippen LogP contribution < -0.4 is 14.2 Å². The zero-order valence-corrected chi connectivity index (χ0v) is 14.9. The Kier molecular flexibility index (Phi) is 5.27. The quantitative estimate of drug-likeness (QED) is 0.579. The number of benzene rings is 2. The van der Waals surface area contributed by atoms with Gasteiger partial charge in [-0.15, -0.1) is 0 Å². The van der Waals surface area contributed by atoms with Crippen molar-refractivity contribution in [3.05, 3.63) is 65.2 Å². The Hall–Kier alpha value is -3.21. The van der Waals surface area contributed by atoms with Crippen molar-refractivity contribution in [2.75, 3.05) is 20.8 Å². The molecule has 0 aromatic heterocycles. The molecule has 0 N–H and O–H groups in total. The van der Waals surface area contributed by atoms with E-state index in [1.165, 1.54) is 0 Å². The van der Waals surface area contributed by atoms with E-state index in [1.807, 2.05) is 43.3 Å². The SMILES string of the molecule is CCOc1ccc(C2=C/C(=C/c3ccc(OC)c(OC)c3)C(=O)O2)cc1. The second-order valence-corrected chi connectivity index (χ2v) is 5.57. The van der Waals surface area contributed by atoms with Crippen molar-refractivity contribution < 1.29 is 23.7 Å². The molecule has 1 aliphatic heterocycles. The third kappa shape index (κ3) is 3.72. The zero-order chi connectivity index (χ0) is 18.5. The number of esters is 1. The van der Waals surface area contributed by atoms with E-state index in [4.69, 9.17) is 18.9 Å². The van der Waals surface area contributed by atoms with Gasteiger partial charge in [0.25, 0.3) is 0 Å². The van der Waals surface area contributed by atoms with Crippen molar-refractivity contribution in [2.45, 2.75) is 6.92 Å². The topological polar surface area (TPSA) is 54.0 Å². The number of cyclic esters (lactones) is 1. The van der Waals surface area contributed by atoms with Gasteiger partial charge in [0.15, 0.2) is 11.5 Å². The highest BCUT2D eigenvalue weighted by atomic mass is 16.5. The molecular formula is C21H20O5. The molecule has 5 heteroatoms. The molecule has 3 rings (SSSR count). The second-order valence-electron chi connectivity index (χ2n) is 5.57. The summed E-state index contributed by atoms with van der Waals surface area (Å²) in [5, 5.41) is 0. The molecule has 134 valence electrons. The maximum Gasteiger partial charge on any atom is 0.343 e. The van der Waals surface area contributed by atoms with Gasteiger partial charge in [-0.2, -0.15) is 0 Å². The fourth-order valence-corrected chi connectivity index (χ4v) is 2.64. The average Bonchev–Trinajstić information content (AvgIpc) is 3.03. The van der Waals surface area contributed by atoms with E-state index < -0.39 is 0 Å². The van der Waals surface area contributed by atoms with Crippen LogP contribution in [0.3, 0.4) is 0 Å². The van der Waals surface area contributed by atoms with Crippen molar-refractivity contribution in [1.82, 2.24) is 0 Å². The van der Waals surface area contributed by atoms with Crippen LogP contribution in [0.1, 0.15) is 18.1 Å². The minimum atomic E-state index is -0.385. The van der Waals surface area contributed by atoms with Gasteiger partial charge in [0.2, 0.25) is 0 Å². The molecule has 0 radical (unpaired) electrons. The first kappa shape index (κ1) is 17.6. The molecule has 0 fully saturated rings. The Balaban J connectivity index is 1.86. The minimum Gasteiger partial charge on any atom is -0.494 e.